The van der Waals surface area contributed by atoms with Crippen LogP contribution in [0.1, 0.15) is 18.2 Å². The van der Waals surface area contributed by atoms with Gasteiger partial charge in [0.15, 0.2) is 5.82 Å². The molecule has 0 amide bonds. The van der Waals surface area contributed by atoms with E-state index in [1.807, 2.05) is 6.92 Å². The highest BCUT2D eigenvalue weighted by atomic mass is 19.4. The number of aryl methyl sites for hydroxylation is 1. The lowest BCUT2D eigenvalue weighted by atomic mass is 10.1. The molecule has 0 saturated carbocycles. The van der Waals surface area contributed by atoms with Crippen molar-refractivity contribution in [3.8, 4) is 11.4 Å². The van der Waals surface area contributed by atoms with Crippen LogP contribution in [0.25, 0.3) is 11.4 Å². The second-order valence-corrected chi connectivity index (χ2v) is 4.14. The average molecular weight is 282 g/mol. The SMILES string of the molecule is CCc1cc(NN)nc(-c2ccc(C(F)(F)F)cc2)n1. The molecule has 4 nitrogen and oxygen atoms in total. The molecule has 0 fully saturated rings. The van der Waals surface area contributed by atoms with Gasteiger partial charge in [0.25, 0.3) is 0 Å². The van der Waals surface area contributed by atoms with Gasteiger partial charge in [-0.25, -0.2) is 15.8 Å². The Labute approximate surface area is 113 Å². The summed E-state index contributed by atoms with van der Waals surface area (Å²) in [6.07, 6.45) is -3.68. The van der Waals surface area contributed by atoms with Gasteiger partial charge in [-0.05, 0) is 18.6 Å². The number of hydrogen-bond acceptors (Lipinski definition) is 4. The summed E-state index contributed by atoms with van der Waals surface area (Å²) in [6, 6.07) is 6.39. The maximum absolute atomic E-state index is 12.5. The van der Waals surface area contributed by atoms with Gasteiger partial charge in [-0.15, -0.1) is 0 Å². The smallest absolute Gasteiger partial charge is 0.308 e. The van der Waals surface area contributed by atoms with Crippen LogP contribution in [0, 0.1) is 0 Å². The van der Waals surface area contributed by atoms with E-state index in [0.29, 0.717) is 23.6 Å². The summed E-state index contributed by atoms with van der Waals surface area (Å²) in [5, 5.41) is 0. The van der Waals surface area contributed by atoms with E-state index >= 15 is 0 Å². The van der Waals surface area contributed by atoms with Crippen LogP contribution in [-0.4, -0.2) is 9.97 Å². The molecule has 0 saturated heterocycles. The van der Waals surface area contributed by atoms with Gasteiger partial charge < -0.3 is 5.43 Å². The third-order valence-corrected chi connectivity index (χ3v) is 2.76. The number of hydrazine groups is 1. The van der Waals surface area contributed by atoms with Gasteiger partial charge in [-0.2, -0.15) is 13.2 Å². The molecular weight excluding hydrogens is 269 g/mol. The molecular formula is C13H13F3N4. The predicted octanol–water partition coefficient (Wildman–Crippen LogP) is 3.01. The molecule has 1 aromatic heterocycles. The van der Waals surface area contributed by atoms with Crippen LogP contribution >= 0.6 is 0 Å². The zero-order valence-electron chi connectivity index (χ0n) is 10.7. The Morgan fingerprint density at radius 2 is 1.80 bits per heavy atom. The summed E-state index contributed by atoms with van der Waals surface area (Å²) in [6.45, 7) is 1.92. The van der Waals surface area contributed by atoms with Crippen molar-refractivity contribution in [2.24, 2.45) is 5.84 Å². The number of benzene rings is 1. The standard InChI is InChI=1S/C13H13F3N4/c1-2-10-7-11(20-17)19-12(18-10)8-3-5-9(6-4-8)13(14,15)16/h3-7H,2,17H2,1H3,(H,18,19,20). The van der Waals surface area contributed by atoms with Gasteiger partial charge in [0.1, 0.15) is 5.82 Å². The van der Waals surface area contributed by atoms with Crippen LogP contribution in [0.5, 0.6) is 0 Å². The highest BCUT2D eigenvalue weighted by molar-refractivity contribution is 5.58. The third kappa shape index (κ3) is 3.05. The molecule has 3 N–H and O–H groups in total. The quantitative estimate of drug-likeness (QED) is 0.671. The van der Waals surface area contributed by atoms with E-state index in [-0.39, 0.29) is 0 Å². The molecule has 0 spiro atoms. The van der Waals surface area contributed by atoms with Crippen LogP contribution < -0.4 is 11.3 Å². The van der Waals surface area contributed by atoms with Crippen molar-refractivity contribution in [3.05, 3.63) is 41.6 Å². The minimum Gasteiger partial charge on any atom is -0.308 e. The maximum Gasteiger partial charge on any atom is 0.416 e. The topological polar surface area (TPSA) is 63.8 Å². The number of nitrogens with one attached hydrogen (secondary N) is 1. The first kappa shape index (κ1) is 14.3. The number of nitrogens with two attached hydrogens (primary N) is 1. The molecule has 1 heterocycles. The van der Waals surface area contributed by atoms with Gasteiger partial charge >= 0.3 is 6.18 Å². The first-order chi connectivity index (χ1) is 9.44. The number of aromatic nitrogens is 2. The van der Waals surface area contributed by atoms with Crippen molar-refractivity contribution in [2.75, 3.05) is 5.43 Å². The van der Waals surface area contributed by atoms with E-state index in [1.54, 1.807) is 6.07 Å². The van der Waals surface area contributed by atoms with Crippen molar-refractivity contribution in [3.63, 3.8) is 0 Å². The van der Waals surface area contributed by atoms with E-state index < -0.39 is 11.7 Å². The summed E-state index contributed by atoms with van der Waals surface area (Å²) in [7, 11) is 0. The van der Waals surface area contributed by atoms with Gasteiger partial charge in [0, 0.05) is 17.3 Å². The van der Waals surface area contributed by atoms with Gasteiger partial charge in [0.05, 0.1) is 5.56 Å². The van der Waals surface area contributed by atoms with Crippen molar-refractivity contribution in [2.45, 2.75) is 19.5 Å². The molecule has 0 atom stereocenters. The fourth-order valence-electron chi connectivity index (χ4n) is 1.69. The van der Waals surface area contributed by atoms with Crippen LogP contribution in [0.2, 0.25) is 0 Å². The molecule has 0 aliphatic heterocycles. The lowest BCUT2D eigenvalue weighted by Crippen LogP contribution is -2.10. The van der Waals surface area contributed by atoms with Crippen molar-refractivity contribution in [1.29, 1.82) is 0 Å². The Hall–Kier alpha value is -2.15. The Kier molecular flexibility index (Phi) is 3.89. The van der Waals surface area contributed by atoms with Crippen LogP contribution in [0.15, 0.2) is 30.3 Å². The summed E-state index contributed by atoms with van der Waals surface area (Å²) in [4.78, 5) is 8.41. The Morgan fingerprint density at radius 1 is 1.15 bits per heavy atom. The minimum absolute atomic E-state index is 0.339. The fraction of sp³-hybridized carbons (Fsp3) is 0.231. The molecule has 106 valence electrons. The summed E-state index contributed by atoms with van der Waals surface area (Å²) in [5.41, 5.74) is 2.97. The fourth-order valence-corrected chi connectivity index (χ4v) is 1.69. The molecule has 1 aromatic carbocycles. The number of nitrogen functional groups attached to an aromatic ring is 1. The number of halogens is 3. The van der Waals surface area contributed by atoms with Crippen molar-refractivity contribution in [1.82, 2.24) is 9.97 Å². The normalized spacial score (nSPS) is 11.4. The molecule has 2 rings (SSSR count). The first-order valence-electron chi connectivity index (χ1n) is 5.96. The van der Waals surface area contributed by atoms with Crippen molar-refractivity contribution < 1.29 is 13.2 Å². The van der Waals surface area contributed by atoms with E-state index in [2.05, 4.69) is 15.4 Å². The van der Waals surface area contributed by atoms with Crippen LogP contribution in [0.3, 0.4) is 0 Å². The highest BCUT2D eigenvalue weighted by Gasteiger charge is 2.30. The Balaban J connectivity index is 2.41. The Bertz CT molecular complexity index is 571. The average Bonchev–Trinajstić information content (AvgIpc) is 2.46. The van der Waals surface area contributed by atoms with E-state index in [9.17, 15) is 13.2 Å². The van der Waals surface area contributed by atoms with Crippen LogP contribution in [0.4, 0.5) is 19.0 Å². The molecule has 0 bridgehead atoms. The van der Waals surface area contributed by atoms with Gasteiger partial charge in [-0.3, -0.25) is 0 Å². The molecule has 0 aliphatic rings. The highest BCUT2D eigenvalue weighted by Crippen LogP contribution is 2.30. The second kappa shape index (κ2) is 5.46. The van der Waals surface area contributed by atoms with Gasteiger partial charge in [-0.1, -0.05) is 19.1 Å². The Morgan fingerprint density at radius 3 is 2.30 bits per heavy atom. The molecule has 2 aromatic rings. The molecule has 0 radical (unpaired) electrons. The summed E-state index contributed by atoms with van der Waals surface area (Å²) >= 11 is 0. The number of alkyl halides is 3. The summed E-state index contributed by atoms with van der Waals surface area (Å²) < 4.78 is 37.5. The monoisotopic (exact) mass is 282 g/mol. The zero-order chi connectivity index (χ0) is 14.8. The molecule has 0 unspecified atom stereocenters. The number of rotatable bonds is 3. The lowest BCUT2D eigenvalue weighted by molar-refractivity contribution is -0.137. The molecule has 7 heteroatoms. The number of hydrogen-bond donors (Lipinski definition) is 2. The van der Waals surface area contributed by atoms with E-state index in [0.717, 1.165) is 17.8 Å². The summed E-state index contributed by atoms with van der Waals surface area (Å²) in [5.74, 6) is 6.07. The number of nitrogens with zero attached hydrogens (tertiary/aromatic N) is 2. The zero-order valence-corrected chi connectivity index (χ0v) is 10.7. The molecule has 0 aliphatic carbocycles. The maximum atomic E-state index is 12.5. The van der Waals surface area contributed by atoms with Crippen molar-refractivity contribution >= 4 is 5.82 Å². The van der Waals surface area contributed by atoms with E-state index in [4.69, 9.17) is 5.84 Å². The largest absolute Gasteiger partial charge is 0.416 e. The van der Waals surface area contributed by atoms with Gasteiger partial charge in [0.2, 0.25) is 0 Å². The van der Waals surface area contributed by atoms with E-state index in [1.165, 1.54) is 12.1 Å². The van der Waals surface area contributed by atoms with Crippen LogP contribution in [-0.2, 0) is 12.6 Å². The third-order valence-electron chi connectivity index (χ3n) is 2.76. The predicted molar refractivity (Wildman–Crippen MR) is 69.7 cm³/mol. The first-order valence-corrected chi connectivity index (χ1v) is 5.96. The minimum atomic E-state index is -4.35. The lowest BCUT2D eigenvalue weighted by Gasteiger charge is -2.09. The molecule has 20 heavy (non-hydrogen) atoms. The second-order valence-electron chi connectivity index (χ2n) is 4.14. The number of anilines is 1.